The van der Waals surface area contributed by atoms with Crippen molar-refractivity contribution < 1.29 is 8.78 Å². The summed E-state index contributed by atoms with van der Waals surface area (Å²) < 4.78 is 25.2. The van der Waals surface area contributed by atoms with Gasteiger partial charge in [-0.1, -0.05) is 0 Å². The van der Waals surface area contributed by atoms with E-state index in [9.17, 15) is 8.78 Å². The summed E-state index contributed by atoms with van der Waals surface area (Å²) in [6.07, 6.45) is -0.680. The highest BCUT2D eigenvalue weighted by molar-refractivity contribution is 5.24. The molecule has 0 unspecified atom stereocenters. The normalized spacial score (nSPS) is 24.0. The lowest BCUT2D eigenvalue weighted by atomic mass is 9.71. The molecule has 0 radical (unpaired) electrons. The van der Waals surface area contributed by atoms with Gasteiger partial charge in [-0.05, 0) is 6.92 Å². The van der Waals surface area contributed by atoms with E-state index in [1.807, 2.05) is 0 Å². The van der Waals surface area contributed by atoms with Crippen LogP contribution in [0.3, 0.4) is 0 Å². The third-order valence-corrected chi connectivity index (χ3v) is 2.34. The summed E-state index contributed by atoms with van der Waals surface area (Å²) in [5, 5.41) is 9.91. The minimum atomic E-state index is -2.64. The van der Waals surface area contributed by atoms with Gasteiger partial charge in [-0.3, -0.25) is 0 Å². The molecule has 0 bridgehead atoms. The smallest absolute Gasteiger partial charge is 0.252 e. The summed E-state index contributed by atoms with van der Waals surface area (Å²) in [5.41, 5.74) is 5.81. The zero-order valence-electron chi connectivity index (χ0n) is 7.14. The van der Waals surface area contributed by atoms with Crippen LogP contribution in [-0.2, 0) is 5.54 Å². The number of halogens is 2. The van der Waals surface area contributed by atoms with Crippen molar-refractivity contribution in [2.45, 2.75) is 31.2 Å². The molecular weight excluding hydrogens is 178 g/mol. The Morgan fingerprint density at radius 3 is 2.38 bits per heavy atom. The average molecular weight is 188 g/mol. The highest BCUT2D eigenvalue weighted by Crippen LogP contribution is 2.49. The Kier molecular flexibility index (Phi) is 1.48. The second-order valence-corrected chi connectivity index (χ2v) is 3.62. The first-order valence-corrected chi connectivity index (χ1v) is 3.98. The van der Waals surface area contributed by atoms with Crippen LogP contribution in [-0.4, -0.2) is 21.3 Å². The Bertz CT molecular complexity index is 325. The van der Waals surface area contributed by atoms with Crippen LogP contribution >= 0.6 is 0 Å². The fourth-order valence-electron chi connectivity index (χ4n) is 1.79. The Balaban J connectivity index is 2.25. The zero-order valence-corrected chi connectivity index (χ0v) is 7.14. The number of aromatic amines is 1. The van der Waals surface area contributed by atoms with E-state index in [2.05, 4.69) is 15.4 Å². The van der Waals surface area contributed by atoms with Crippen molar-refractivity contribution in [1.82, 2.24) is 15.4 Å². The average Bonchev–Trinajstić information content (AvgIpc) is 2.30. The van der Waals surface area contributed by atoms with Crippen molar-refractivity contribution in [1.29, 1.82) is 0 Å². The molecule has 0 saturated heterocycles. The van der Waals surface area contributed by atoms with E-state index in [0.717, 1.165) is 0 Å². The van der Waals surface area contributed by atoms with Gasteiger partial charge in [-0.2, -0.15) is 15.4 Å². The first kappa shape index (κ1) is 8.55. The van der Waals surface area contributed by atoms with Gasteiger partial charge in [0.1, 0.15) is 5.69 Å². The van der Waals surface area contributed by atoms with Crippen LogP contribution in [0.5, 0.6) is 0 Å². The van der Waals surface area contributed by atoms with Gasteiger partial charge in [-0.25, -0.2) is 8.78 Å². The maximum absolute atomic E-state index is 12.6. The Hall–Kier alpha value is -1.04. The molecule has 72 valence electrons. The summed E-state index contributed by atoms with van der Waals surface area (Å²) in [7, 11) is 0. The van der Waals surface area contributed by atoms with Gasteiger partial charge < -0.3 is 5.73 Å². The number of rotatable bonds is 1. The highest BCUT2D eigenvalue weighted by Gasteiger charge is 2.57. The van der Waals surface area contributed by atoms with Crippen LogP contribution in [0.15, 0.2) is 0 Å². The van der Waals surface area contributed by atoms with Crippen molar-refractivity contribution in [2.24, 2.45) is 5.73 Å². The van der Waals surface area contributed by atoms with Crippen molar-refractivity contribution in [3.63, 3.8) is 0 Å². The molecule has 1 aromatic rings. The van der Waals surface area contributed by atoms with Crippen molar-refractivity contribution in [2.75, 3.05) is 0 Å². The van der Waals surface area contributed by atoms with Gasteiger partial charge >= 0.3 is 0 Å². The molecule has 1 heterocycles. The Morgan fingerprint density at radius 2 is 2.00 bits per heavy atom. The lowest BCUT2D eigenvalue weighted by Gasteiger charge is -2.43. The Morgan fingerprint density at radius 1 is 1.38 bits per heavy atom. The number of hydrogen-bond acceptors (Lipinski definition) is 3. The molecule has 1 aliphatic carbocycles. The van der Waals surface area contributed by atoms with E-state index in [1.165, 1.54) is 0 Å². The number of aryl methyl sites for hydroxylation is 1. The molecule has 0 aromatic carbocycles. The quantitative estimate of drug-likeness (QED) is 0.681. The SMILES string of the molecule is Cc1n[nH]nc1C1(N)CC(F)(F)C1. The number of nitrogens with one attached hydrogen (secondary N) is 1. The summed E-state index contributed by atoms with van der Waals surface area (Å²) >= 11 is 0. The molecule has 2 rings (SSSR count). The number of nitrogens with zero attached hydrogens (tertiary/aromatic N) is 2. The van der Waals surface area contributed by atoms with Gasteiger partial charge in [0.05, 0.1) is 11.2 Å². The van der Waals surface area contributed by atoms with Gasteiger partial charge in [0.15, 0.2) is 0 Å². The molecule has 1 aliphatic rings. The maximum Gasteiger partial charge on any atom is 0.252 e. The van der Waals surface area contributed by atoms with Crippen molar-refractivity contribution >= 4 is 0 Å². The van der Waals surface area contributed by atoms with Gasteiger partial charge in [-0.15, -0.1) is 0 Å². The van der Waals surface area contributed by atoms with E-state index in [-0.39, 0.29) is 12.8 Å². The molecule has 1 saturated carbocycles. The first-order valence-electron chi connectivity index (χ1n) is 3.98. The third-order valence-electron chi connectivity index (χ3n) is 2.34. The van der Waals surface area contributed by atoms with E-state index < -0.39 is 11.5 Å². The molecule has 0 atom stereocenters. The fraction of sp³-hybridized carbons (Fsp3) is 0.714. The lowest BCUT2D eigenvalue weighted by Crippen LogP contribution is -2.56. The predicted molar refractivity (Wildman–Crippen MR) is 41.2 cm³/mol. The molecule has 6 heteroatoms. The third kappa shape index (κ3) is 1.21. The van der Waals surface area contributed by atoms with Crippen LogP contribution in [0, 0.1) is 6.92 Å². The molecule has 1 aromatic heterocycles. The van der Waals surface area contributed by atoms with Crippen LogP contribution in [0.4, 0.5) is 8.78 Å². The number of hydrogen-bond donors (Lipinski definition) is 2. The second-order valence-electron chi connectivity index (χ2n) is 3.62. The van der Waals surface area contributed by atoms with E-state index in [4.69, 9.17) is 5.73 Å². The summed E-state index contributed by atoms with van der Waals surface area (Å²) in [4.78, 5) is 0. The van der Waals surface area contributed by atoms with E-state index >= 15 is 0 Å². The van der Waals surface area contributed by atoms with Crippen LogP contribution in [0.2, 0.25) is 0 Å². The minimum Gasteiger partial charge on any atom is -0.320 e. The Labute approximate surface area is 73.5 Å². The van der Waals surface area contributed by atoms with Gasteiger partial charge in [0.2, 0.25) is 0 Å². The van der Waals surface area contributed by atoms with E-state index in [1.54, 1.807) is 6.92 Å². The highest BCUT2D eigenvalue weighted by atomic mass is 19.3. The number of H-pyrrole nitrogens is 1. The molecule has 3 N–H and O–H groups in total. The van der Waals surface area contributed by atoms with Crippen LogP contribution in [0.25, 0.3) is 0 Å². The van der Waals surface area contributed by atoms with Crippen molar-refractivity contribution in [3.05, 3.63) is 11.4 Å². The molecule has 0 amide bonds. The molecule has 1 fully saturated rings. The molecule has 0 aliphatic heterocycles. The monoisotopic (exact) mass is 188 g/mol. The lowest BCUT2D eigenvalue weighted by molar-refractivity contribution is -0.126. The zero-order chi connectivity index (χ0) is 9.69. The molecular formula is C7H10F2N4. The summed E-state index contributed by atoms with van der Waals surface area (Å²) in [6.45, 7) is 1.70. The number of nitrogens with two attached hydrogens (primary N) is 1. The van der Waals surface area contributed by atoms with E-state index in [0.29, 0.717) is 11.4 Å². The van der Waals surface area contributed by atoms with Gasteiger partial charge in [0.25, 0.3) is 5.92 Å². The van der Waals surface area contributed by atoms with Gasteiger partial charge in [0, 0.05) is 12.8 Å². The summed E-state index contributed by atoms with van der Waals surface area (Å²) in [6, 6.07) is 0. The molecule has 13 heavy (non-hydrogen) atoms. The largest absolute Gasteiger partial charge is 0.320 e. The molecule has 0 spiro atoms. The predicted octanol–water partition coefficient (Wildman–Crippen LogP) is 0.696. The second kappa shape index (κ2) is 2.25. The first-order chi connectivity index (χ1) is 5.93. The minimum absolute atomic E-state index is 0.340. The fourth-order valence-corrected chi connectivity index (χ4v) is 1.79. The number of alkyl halides is 2. The number of aromatic nitrogens is 3. The maximum atomic E-state index is 12.6. The molecule has 4 nitrogen and oxygen atoms in total. The van der Waals surface area contributed by atoms with Crippen LogP contribution in [0.1, 0.15) is 24.2 Å². The van der Waals surface area contributed by atoms with Crippen molar-refractivity contribution in [3.8, 4) is 0 Å². The van der Waals surface area contributed by atoms with Crippen LogP contribution < -0.4 is 5.73 Å². The summed E-state index contributed by atoms with van der Waals surface area (Å²) in [5.74, 6) is -2.64. The topological polar surface area (TPSA) is 67.6 Å². The standard InChI is InChI=1S/C7H10F2N4/c1-4-5(12-13-11-4)6(10)2-7(8,9)3-6/h2-3,10H2,1H3,(H,11,12,13).